The maximum absolute atomic E-state index is 2.46. The van der Waals surface area contributed by atoms with Gasteiger partial charge < -0.3 is 0 Å². The van der Waals surface area contributed by atoms with Crippen LogP contribution in [0.4, 0.5) is 0 Å². The zero-order chi connectivity index (χ0) is 15.8. The number of hydrogen-bond acceptors (Lipinski definition) is 1. The number of allylic oxidation sites excluding steroid dienone is 1. The first-order valence-corrected chi connectivity index (χ1v) is 13.9. The molecule has 0 aliphatic rings. The van der Waals surface area contributed by atoms with Crippen molar-refractivity contribution in [1.82, 2.24) is 0 Å². The van der Waals surface area contributed by atoms with Crippen LogP contribution in [0.15, 0.2) is 41.4 Å². The topological polar surface area (TPSA) is 0 Å². The Labute approximate surface area is 143 Å². The van der Waals surface area contributed by atoms with E-state index in [0.717, 1.165) is 0 Å². The average Bonchev–Trinajstić information content (AvgIpc) is 2.41. The SMILES string of the molecule is CCCCC(C)(C/C=[CH]/[Cu][c]1ccccc1)S[Si](C)(C)C. The fraction of sp³-hybridized carbons (Fsp3) is 0.556. The molecule has 1 unspecified atom stereocenters. The van der Waals surface area contributed by atoms with Crippen molar-refractivity contribution in [3.63, 3.8) is 0 Å². The van der Waals surface area contributed by atoms with E-state index in [9.17, 15) is 0 Å². The van der Waals surface area contributed by atoms with E-state index in [2.05, 4.69) is 86.1 Å². The van der Waals surface area contributed by atoms with Gasteiger partial charge in [-0.3, -0.25) is 0 Å². The van der Waals surface area contributed by atoms with Crippen molar-refractivity contribution in [2.75, 3.05) is 0 Å². The summed E-state index contributed by atoms with van der Waals surface area (Å²) in [7, 11) is -1.09. The van der Waals surface area contributed by atoms with Crippen LogP contribution in [0.2, 0.25) is 19.6 Å². The van der Waals surface area contributed by atoms with E-state index in [0.29, 0.717) is 4.75 Å². The van der Waals surface area contributed by atoms with Gasteiger partial charge in [-0.15, -0.1) is 0 Å². The average molecular weight is 370 g/mol. The van der Waals surface area contributed by atoms with Gasteiger partial charge in [0.2, 0.25) is 0 Å². The second kappa shape index (κ2) is 9.24. The quantitative estimate of drug-likeness (QED) is 0.494. The molecular weight excluding hydrogens is 340 g/mol. The molecule has 0 heterocycles. The van der Waals surface area contributed by atoms with Gasteiger partial charge in [0, 0.05) is 0 Å². The molecule has 0 bridgehead atoms. The molecule has 0 amide bonds. The second-order valence-electron chi connectivity index (χ2n) is 6.65. The molecule has 0 aliphatic heterocycles. The molecule has 1 atom stereocenters. The number of hydrogen-bond donors (Lipinski definition) is 0. The van der Waals surface area contributed by atoms with Crippen molar-refractivity contribution in [3.05, 3.63) is 41.4 Å². The molecule has 0 fully saturated rings. The molecule has 0 aliphatic carbocycles. The summed E-state index contributed by atoms with van der Waals surface area (Å²) >= 11 is 4.19. The maximum atomic E-state index is 2.46. The fourth-order valence-electron chi connectivity index (χ4n) is 2.32. The van der Waals surface area contributed by atoms with Crippen molar-refractivity contribution in [1.29, 1.82) is 0 Å². The van der Waals surface area contributed by atoms with Crippen molar-refractivity contribution in [3.8, 4) is 0 Å². The van der Waals surface area contributed by atoms with Gasteiger partial charge in [0.25, 0.3) is 0 Å². The molecule has 0 spiro atoms. The van der Waals surface area contributed by atoms with Crippen LogP contribution in [0, 0.1) is 0 Å². The van der Waals surface area contributed by atoms with Gasteiger partial charge in [-0.05, 0) is 0 Å². The van der Waals surface area contributed by atoms with E-state index in [1.54, 1.807) is 0 Å². The van der Waals surface area contributed by atoms with E-state index in [-0.39, 0.29) is 0 Å². The molecule has 0 nitrogen and oxygen atoms in total. The molecule has 1 aromatic carbocycles. The van der Waals surface area contributed by atoms with E-state index in [1.165, 1.54) is 30.1 Å². The zero-order valence-electron chi connectivity index (χ0n) is 14.1. The minimum atomic E-state index is -1.09. The van der Waals surface area contributed by atoms with E-state index < -0.39 is 7.22 Å². The second-order valence-corrected chi connectivity index (χ2v) is 17.5. The van der Waals surface area contributed by atoms with E-state index >= 15 is 0 Å². The summed E-state index contributed by atoms with van der Waals surface area (Å²) in [6.07, 6.45) is 7.52. The Morgan fingerprint density at radius 1 is 1.19 bits per heavy atom. The molecule has 0 aromatic heterocycles. The Bertz CT molecular complexity index is 425. The third-order valence-corrected chi connectivity index (χ3v) is 8.89. The first-order chi connectivity index (χ1) is 9.85. The fourth-order valence-corrected chi connectivity index (χ4v) is 9.98. The molecular formula is C18H30CuSSi. The predicted molar refractivity (Wildman–Crippen MR) is 98.7 cm³/mol. The normalized spacial score (nSPS) is 15.5. The molecule has 0 saturated heterocycles. The standard InChI is InChI=1S/C12H25SSi.C6H5.Cu/c1-7-9-11-12(3,10-8-2)13-14(4,5)6;1-2-4-6-5-3-1;/h2,8H,7,9-11H2,1,3-6H3;1-5H;. The predicted octanol–water partition coefficient (Wildman–Crippen LogP) is 5.82. The van der Waals surface area contributed by atoms with Gasteiger partial charge in [-0.25, -0.2) is 0 Å². The van der Waals surface area contributed by atoms with Crippen LogP contribution in [0.5, 0.6) is 0 Å². The molecule has 21 heavy (non-hydrogen) atoms. The summed E-state index contributed by atoms with van der Waals surface area (Å²) in [5, 5.41) is 0. The Hall–Kier alpha value is 0.0464. The number of benzene rings is 1. The van der Waals surface area contributed by atoms with Crippen LogP contribution in [0.1, 0.15) is 39.5 Å². The summed E-state index contributed by atoms with van der Waals surface area (Å²) in [5.74, 6) is 0. The number of unbranched alkanes of at least 4 members (excludes halogenated alkanes) is 1. The Kier molecular flexibility index (Phi) is 8.41. The van der Waals surface area contributed by atoms with Crippen molar-refractivity contribution in [2.45, 2.75) is 63.9 Å². The van der Waals surface area contributed by atoms with Gasteiger partial charge in [0.1, 0.15) is 0 Å². The first-order valence-electron chi connectivity index (χ1n) is 7.80. The summed E-state index contributed by atoms with van der Waals surface area (Å²) < 4.78 is 1.72. The first kappa shape index (κ1) is 19.1. The van der Waals surface area contributed by atoms with Gasteiger partial charge >= 0.3 is 143 Å². The third-order valence-electron chi connectivity index (χ3n) is 3.09. The van der Waals surface area contributed by atoms with Crippen molar-refractivity contribution in [2.24, 2.45) is 0 Å². The molecule has 3 heteroatoms. The van der Waals surface area contributed by atoms with Crippen LogP contribution in [-0.4, -0.2) is 12.0 Å². The zero-order valence-corrected chi connectivity index (χ0v) is 16.8. The van der Waals surface area contributed by atoms with E-state index in [1.807, 2.05) is 15.0 Å². The molecule has 0 radical (unpaired) electrons. The van der Waals surface area contributed by atoms with Crippen molar-refractivity contribution >= 4 is 22.9 Å². The van der Waals surface area contributed by atoms with Crippen molar-refractivity contribution < 1.29 is 15.0 Å². The van der Waals surface area contributed by atoms with Crippen LogP contribution < -0.4 is 4.46 Å². The van der Waals surface area contributed by atoms with Crippen LogP contribution in [-0.2, 0) is 15.0 Å². The molecule has 1 rings (SSSR count). The summed E-state index contributed by atoms with van der Waals surface area (Å²) in [5.41, 5.74) is 0. The third kappa shape index (κ3) is 8.92. The molecule has 0 N–H and O–H groups in total. The van der Waals surface area contributed by atoms with Crippen LogP contribution in [0.25, 0.3) is 0 Å². The molecule has 123 valence electrons. The summed E-state index contributed by atoms with van der Waals surface area (Å²) in [4.78, 5) is 2.26. The summed E-state index contributed by atoms with van der Waals surface area (Å²) in [6.45, 7) is 12.1. The van der Waals surface area contributed by atoms with Crippen LogP contribution in [0.3, 0.4) is 0 Å². The van der Waals surface area contributed by atoms with Gasteiger partial charge in [0.05, 0.1) is 0 Å². The minimum absolute atomic E-state index is 0.409. The van der Waals surface area contributed by atoms with Gasteiger partial charge in [0.15, 0.2) is 0 Å². The monoisotopic (exact) mass is 369 g/mol. The van der Waals surface area contributed by atoms with Gasteiger partial charge in [-0.2, -0.15) is 0 Å². The summed E-state index contributed by atoms with van der Waals surface area (Å²) in [6, 6.07) is 10.6. The Morgan fingerprint density at radius 2 is 1.86 bits per heavy atom. The molecule has 1 aromatic rings. The number of rotatable bonds is 9. The Morgan fingerprint density at radius 3 is 2.43 bits per heavy atom. The van der Waals surface area contributed by atoms with Crippen LogP contribution >= 0.6 is 11.2 Å². The van der Waals surface area contributed by atoms with E-state index in [4.69, 9.17) is 0 Å². The molecule has 0 saturated carbocycles. The Balaban J connectivity index is 2.55. The van der Waals surface area contributed by atoms with Gasteiger partial charge in [-0.1, -0.05) is 0 Å².